The third kappa shape index (κ3) is 6.46. The summed E-state index contributed by atoms with van der Waals surface area (Å²) in [6.45, 7) is 1.42. The molecule has 3 amide bonds. The van der Waals surface area contributed by atoms with Gasteiger partial charge >= 0.3 is 0 Å². The smallest absolute Gasteiger partial charge is 0.251 e. The van der Waals surface area contributed by atoms with Gasteiger partial charge in [0.1, 0.15) is 17.7 Å². The van der Waals surface area contributed by atoms with Crippen LogP contribution in [-0.4, -0.2) is 41.8 Å². The molecular formula is C21H23F2N3O3. The van der Waals surface area contributed by atoms with E-state index >= 15 is 0 Å². The Morgan fingerprint density at radius 1 is 1.00 bits per heavy atom. The van der Waals surface area contributed by atoms with E-state index in [1.54, 1.807) is 0 Å². The first-order chi connectivity index (χ1) is 13.7. The third-order valence-corrected chi connectivity index (χ3v) is 4.31. The van der Waals surface area contributed by atoms with E-state index in [2.05, 4.69) is 5.32 Å². The van der Waals surface area contributed by atoms with Crippen molar-refractivity contribution >= 4 is 17.7 Å². The highest BCUT2D eigenvalue weighted by Gasteiger charge is 2.27. The van der Waals surface area contributed by atoms with Crippen LogP contribution in [0.4, 0.5) is 8.78 Å². The lowest BCUT2D eigenvalue weighted by molar-refractivity contribution is -0.146. The highest BCUT2D eigenvalue weighted by atomic mass is 19.1. The number of halogens is 2. The first-order valence-corrected chi connectivity index (χ1v) is 9.02. The number of likely N-dealkylation sites (N-methyl/N-ethyl adjacent to an activating group) is 1. The molecule has 29 heavy (non-hydrogen) atoms. The molecule has 0 aliphatic heterocycles. The highest BCUT2D eigenvalue weighted by Crippen LogP contribution is 2.09. The maximum atomic E-state index is 13.2. The van der Waals surface area contributed by atoms with Crippen LogP contribution in [0, 0.1) is 11.6 Å². The number of amides is 3. The minimum atomic E-state index is -1.02. The molecule has 0 heterocycles. The lowest BCUT2D eigenvalue weighted by Gasteiger charge is -2.23. The third-order valence-electron chi connectivity index (χ3n) is 4.31. The number of benzene rings is 2. The first-order valence-electron chi connectivity index (χ1n) is 9.02. The number of hydrogen-bond acceptors (Lipinski definition) is 4. The topological polar surface area (TPSA) is 92.5 Å². The van der Waals surface area contributed by atoms with Crippen LogP contribution in [0.5, 0.6) is 0 Å². The van der Waals surface area contributed by atoms with Gasteiger partial charge in [0.15, 0.2) is 0 Å². The first kappa shape index (κ1) is 22.2. The molecule has 0 saturated carbocycles. The molecule has 2 atom stereocenters. The Balaban J connectivity index is 1.92. The maximum Gasteiger partial charge on any atom is 0.251 e. The molecule has 8 heteroatoms. The number of carbonyl (C=O) groups is 3. The summed E-state index contributed by atoms with van der Waals surface area (Å²) in [5.74, 6) is -3.42. The zero-order valence-electron chi connectivity index (χ0n) is 16.2. The van der Waals surface area contributed by atoms with Crippen LogP contribution in [0.3, 0.4) is 0 Å². The fourth-order valence-corrected chi connectivity index (χ4v) is 2.86. The summed E-state index contributed by atoms with van der Waals surface area (Å²) in [7, 11) is 1.29. The number of nitrogens with one attached hydrogen (secondary N) is 1. The normalized spacial score (nSPS) is 12.7. The molecular weight excluding hydrogens is 380 g/mol. The minimum absolute atomic E-state index is 0.133. The summed E-state index contributed by atoms with van der Waals surface area (Å²) in [6.07, 6.45) is -0.0410. The van der Waals surface area contributed by atoms with E-state index in [1.165, 1.54) is 14.0 Å². The predicted molar refractivity (Wildman–Crippen MR) is 104 cm³/mol. The quantitative estimate of drug-likeness (QED) is 0.734. The number of rotatable bonds is 7. The van der Waals surface area contributed by atoms with E-state index in [0.717, 1.165) is 22.6 Å². The van der Waals surface area contributed by atoms with Gasteiger partial charge in [0.2, 0.25) is 11.8 Å². The van der Waals surface area contributed by atoms with E-state index in [-0.39, 0.29) is 18.4 Å². The van der Waals surface area contributed by atoms with Crippen molar-refractivity contribution in [1.29, 1.82) is 0 Å². The number of nitrogens with zero attached hydrogens (tertiary/aromatic N) is 1. The fraction of sp³-hybridized carbons (Fsp3) is 0.286. The molecule has 0 aliphatic rings. The molecule has 0 aromatic heterocycles. The van der Waals surface area contributed by atoms with Gasteiger partial charge in [0, 0.05) is 13.1 Å². The van der Waals surface area contributed by atoms with Crippen LogP contribution in [0.25, 0.3) is 0 Å². The zero-order chi connectivity index (χ0) is 21.6. The average molecular weight is 403 g/mol. The van der Waals surface area contributed by atoms with Crippen LogP contribution in [0.1, 0.15) is 18.1 Å². The second-order valence-corrected chi connectivity index (χ2v) is 6.78. The van der Waals surface area contributed by atoms with Crippen molar-refractivity contribution in [3.8, 4) is 0 Å². The molecule has 0 radical (unpaired) electrons. The van der Waals surface area contributed by atoms with Gasteiger partial charge in [-0.2, -0.15) is 0 Å². The summed E-state index contributed by atoms with van der Waals surface area (Å²) in [5, 5.41) is 2.42. The molecule has 0 aliphatic carbocycles. The number of nitrogens with two attached hydrogens (primary N) is 1. The number of carbonyl (C=O) groups excluding carboxylic acids is 3. The molecule has 0 fully saturated rings. The molecule has 154 valence electrons. The van der Waals surface area contributed by atoms with Gasteiger partial charge in [-0.15, -0.1) is 0 Å². The monoisotopic (exact) mass is 403 g/mol. The molecule has 0 spiro atoms. The van der Waals surface area contributed by atoms with E-state index in [1.807, 2.05) is 30.3 Å². The van der Waals surface area contributed by atoms with E-state index in [0.29, 0.717) is 6.07 Å². The lowest BCUT2D eigenvalue weighted by Crippen LogP contribution is -2.52. The summed E-state index contributed by atoms with van der Waals surface area (Å²) < 4.78 is 26.4. The number of hydrogen-bond donors (Lipinski definition) is 2. The second-order valence-electron chi connectivity index (χ2n) is 6.78. The van der Waals surface area contributed by atoms with E-state index in [9.17, 15) is 23.2 Å². The van der Waals surface area contributed by atoms with Crippen molar-refractivity contribution in [2.24, 2.45) is 5.73 Å². The lowest BCUT2D eigenvalue weighted by atomic mass is 10.1. The van der Waals surface area contributed by atoms with Crippen LogP contribution < -0.4 is 11.1 Å². The molecule has 0 bridgehead atoms. The van der Waals surface area contributed by atoms with Crippen molar-refractivity contribution in [2.75, 3.05) is 7.05 Å². The summed E-state index contributed by atoms with van der Waals surface area (Å²) in [5.41, 5.74) is 6.91. The van der Waals surface area contributed by atoms with Crippen LogP contribution in [0.2, 0.25) is 0 Å². The Morgan fingerprint density at radius 2 is 1.59 bits per heavy atom. The standard InChI is InChI=1S/C21H23F2N3O3/c1-13(25-19(27)11-15-8-16(22)12-17(23)9-15)20(28)26(2)21(29)18(24)10-14-6-4-3-5-7-14/h3-9,12-13,18H,10-11,24H2,1-2H3,(H,25,27)/t13-,18-/m0/s1. The van der Waals surface area contributed by atoms with Gasteiger partial charge in [0.25, 0.3) is 5.91 Å². The molecule has 2 aromatic carbocycles. The molecule has 2 aromatic rings. The Bertz CT molecular complexity index is 870. The van der Waals surface area contributed by atoms with Crippen molar-refractivity contribution < 1.29 is 23.2 Å². The Kier molecular flexibility index (Phi) is 7.55. The van der Waals surface area contributed by atoms with Gasteiger partial charge < -0.3 is 11.1 Å². The van der Waals surface area contributed by atoms with E-state index < -0.39 is 41.4 Å². The van der Waals surface area contributed by atoms with Crippen molar-refractivity contribution in [3.05, 3.63) is 71.3 Å². The van der Waals surface area contributed by atoms with Crippen molar-refractivity contribution in [3.63, 3.8) is 0 Å². The average Bonchev–Trinajstić information content (AvgIpc) is 2.65. The van der Waals surface area contributed by atoms with Gasteiger partial charge in [-0.25, -0.2) is 8.78 Å². The number of imide groups is 1. The largest absolute Gasteiger partial charge is 0.344 e. The maximum absolute atomic E-state index is 13.2. The molecule has 0 unspecified atom stereocenters. The Morgan fingerprint density at radius 3 is 2.17 bits per heavy atom. The summed E-state index contributed by atoms with van der Waals surface area (Å²) >= 11 is 0. The van der Waals surface area contributed by atoms with E-state index in [4.69, 9.17) is 5.73 Å². The van der Waals surface area contributed by atoms with Gasteiger partial charge in [-0.3, -0.25) is 19.3 Å². The SMILES string of the molecule is C[C@H](NC(=O)Cc1cc(F)cc(F)c1)C(=O)N(C)C(=O)[C@@H](N)Cc1ccccc1. The summed E-state index contributed by atoms with van der Waals surface area (Å²) in [6, 6.07) is 9.98. The molecule has 2 rings (SSSR count). The van der Waals surface area contributed by atoms with Gasteiger partial charge in [-0.1, -0.05) is 30.3 Å². The summed E-state index contributed by atoms with van der Waals surface area (Å²) in [4.78, 5) is 37.8. The van der Waals surface area contributed by atoms with Crippen LogP contribution in [-0.2, 0) is 27.2 Å². The predicted octanol–water partition coefficient (Wildman–Crippen LogP) is 1.57. The second kappa shape index (κ2) is 9.88. The zero-order valence-corrected chi connectivity index (χ0v) is 16.2. The highest BCUT2D eigenvalue weighted by molar-refractivity contribution is 6.00. The molecule has 3 N–H and O–H groups in total. The van der Waals surface area contributed by atoms with Crippen molar-refractivity contribution in [1.82, 2.24) is 10.2 Å². The Labute approximate surface area is 167 Å². The van der Waals surface area contributed by atoms with Crippen LogP contribution in [0.15, 0.2) is 48.5 Å². The molecule has 0 saturated heterocycles. The minimum Gasteiger partial charge on any atom is -0.344 e. The van der Waals surface area contributed by atoms with Crippen molar-refractivity contribution in [2.45, 2.75) is 31.8 Å². The van der Waals surface area contributed by atoms with Gasteiger partial charge in [-0.05, 0) is 36.6 Å². The fourth-order valence-electron chi connectivity index (χ4n) is 2.86. The molecule has 6 nitrogen and oxygen atoms in total. The Hall–Kier alpha value is -3.13. The van der Waals surface area contributed by atoms with Crippen LogP contribution >= 0.6 is 0 Å². The van der Waals surface area contributed by atoms with Gasteiger partial charge in [0.05, 0.1) is 12.5 Å².